The Kier molecular flexibility index (Phi) is 9.19. The van der Waals surface area contributed by atoms with Crippen LogP contribution in [0.4, 0.5) is 0 Å². The van der Waals surface area contributed by atoms with E-state index in [0.717, 1.165) is 25.5 Å². The summed E-state index contributed by atoms with van der Waals surface area (Å²) in [6.07, 6.45) is 10.9. The summed E-state index contributed by atoms with van der Waals surface area (Å²) in [5.41, 5.74) is 0. The van der Waals surface area contributed by atoms with Crippen molar-refractivity contribution in [3.8, 4) is 0 Å². The maximum atomic E-state index is 5.16. The van der Waals surface area contributed by atoms with E-state index in [9.17, 15) is 0 Å². The van der Waals surface area contributed by atoms with Gasteiger partial charge in [-0.15, -0.1) is 17.9 Å². The number of pyridine rings is 6. The molecule has 6 aromatic heterocycles. The predicted octanol–water partition coefficient (Wildman–Crippen LogP) is 2.18. The third-order valence-electron chi connectivity index (χ3n) is 6.45. The van der Waals surface area contributed by atoms with Gasteiger partial charge >= 0.3 is 214 Å². The first-order valence-electron chi connectivity index (χ1n) is 12.0. The van der Waals surface area contributed by atoms with Crippen LogP contribution < -0.4 is 25.5 Å². The van der Waals surface area contributed by atoms with Gasteiger partial charge in [0.1, 0.15) is 0 Å². The van der Waals surface area contributed by atoms with Crippen LogP contribution in [-0.2, 0) is 32.1 Å². The van der Waals surface area contributed by atoms with Crippen molar-refractivity contribution in [3.63, 3.8) is 0 Å². The van der Waals surface area contributed by atoms with Crippen LogP contribution in [0, 0.1) is 0 Å². The van der Waals surface area contributed by atoms with Gasteiger partial charge in [0.2, 0.25) is 0 Å². The van der Waals surface area contributed by atoms with Gasteiger partial charge in [-0.2, -0.15) is 0 Å². The van der Waals surface area contributed by atoms with Crippen LogP contribution in [0.5, 0.6) is 0 Å². The van der Waals surface area contributed by atoms with Crippen LogP contribution in [-0.4, -0.2) is 29.9 Å². The summed E-state index contributed by atoms with van der Waals surface area (Å²) in [6.45, 7) is 0. The van der Waals surface area contributed by atoms with E-state index in [1.807, 2.05) is 110 Å². The van der Waals surface area contributed by atoms with E-state index in [1.165, 1.54) is 0 Å². The second-order valence-corrected chi connectivity index (χ2v) is 25.5. The summed E-state index contributed by atoms with van der Waals surface area (Å²) >= 11 is -6.29. The summed E-state index contributed by atoms with van der Waals surface area (Å²) < 4.78 is 4.76. The first-order chi connectivity index (χ1) is 19.3. The SMILES string of the molecule is PP.[Rh].c1cc[c]([Os]([c]2ccccn2)([c]2ccccn2)([c]2ccccn2)([c]2ccccn2)[c]2ccccn2)nc1. The number of rotatable bonds is 6. The van der Waals surface area contributed by atoms with E-state index < -0.39 is 12.6 Å². The van der Waals surface area contributed by atoms with E-state index in [4.69, 9.17) is 29.9 Å². The van der Waals surface area contributed by atoms with E-state index >= 15 is 0 Å². The first-order valence-corrected chi connectivity index (χ1v) is 22.3. The zero-order valence-corrected chi connectivity index (χ0v) is 27.9. The Morgan fingerprint density at radius 1 is 0.325 bits per heavy atom. The molecule has 6 nitrogen and oxygen atoms in total. The van der Waals surface area contributed by atoms with Crippen molar-refractivity contribution in [3.05, 3.63) is 146 Å². The monoisotopic (exact) mass is 829 g/mol. The van der Waals surface area contributed by atoms with Crippen molar-refractivity contribution in [2.45, 2.75) is 0 Å². The molecule has 0 N–H and O–H groups in total. The molecule has 2 atom stereocenters. The van der Waals surface area contributed by atoms with Gasteiger partial charge in [-0.25, -0.2) is 0 Å². The molecule has 6 aromatic rings. The Labute approximate surface area is 250 Å². The van der Waals surface area contributed by atoms with Gasteiger partial charge in [0.05, 0.1) is 0 Å². The molecule has 0 aromatic carbocycles. The average Bonchev–Trinajstić information content (AvgIpc) is 3.06. The molecule has 6 heterocycles. The fourth-order valence-corrected chi connectivity index (χ4v) is 28.9. The standard InChI is InChI=1S/6C5H4N.Os.H4P2.Rh/c6*1-2-4-6-5-3-1;;1-2;/h6*1-4H;;1-2H2;. The molecule has 6 rings (SSSR count). The first kappa shape index (κ1) is 30.0. The van der Waals surface area contributed by atoms with Crippen LogP contribution in [0.1, 0.15) is 0 Å². The predicted molar refractivity (Wildman–Crippen MR) is 163 cm³/mol. The third kappa shape index (κ3) is 3.67. The van der Waals surface area contributed by atoms with Crippen molar-refractivity contribution in [2.75, 3.05) is 0 Å². The second-order valence-electron chi connectivity index (χ2n) is 8.17. The molecule has 0 fully saturated rings. The molecule has 2 unspecified atom stereocenters. The number of nitrogens with zero attached hydrogens (tertiary/aromatic N) is 6. The van der Waals surface area contributed by atoms with Crippen molar-refractivity contribution in [1.82, 2.24) is 29.9 Å². The summed E-state index contributed by atoms with van der Waals surface area (Å²) in [7, 11) is 4.67. The minimum atomic E-state index is -6.29. The molecular formula is C30H28N6OsP2Rh. The molecule has 0 bridgehead atoms. The quantitative estimate of drug-likeness (QED) is 0.190. The molecule has 0 aliphatic heterocycles. The molecule has 1 radical (unpaired) electrons. The molecule has 0 aliphatic carbocycles. The van der Waals surface area contributed by atoms with Gasteiger partial charge in [0.15, 0.2) is 0 Å². The van der Waals surface area contributed by atoms with E-state index in [1.54, 1.807) is 0 Å². The number of hydrogen-bond donors (Lipinski definition) is 0. The van der Waals surface area contributed by atoms with Crippen LogP contribution in [0.15, 0.2) is 146 Å². The van der Waals surface area contributed by atoms with Crippen molar-refractivity contribution >= 4 is 43.3 Å². The molecule has 40 heavy (non-hydrogen) atoms. The van der Waals surface area contributed by atoms with Gasteiger partial charge in [0.25, 0.3) is 0 Å². The van der Waals surface area contributed by atoms with Gasteiger partial charge in [-0.3, -0.25) is 0 Å². The molecule has 10 heteroatoms. The maximum absolute atomic E-state index is 6.29. The Bertz CT molecular complexity index is 1310. The Hall–Kier alpha value is -2.98. The van der Waals surface area contributed by atoms with Crippen LogP contribution >= 0.6 is 17.9 Å². The summed E-state index contributed by atoms with van der Waals surface area (Å²) in [6, 6.07) is 36.0. The van der Waals surface area contributed by atoms with E-state index in [-0.39, 0.29) is 19.5 Å². The Morgan fingerprint density at radius 3 is 0.625 bits per heavy atom. The zero-order chi connectivity index (χ0) is 27.1. The fraction of sp³-hybridized carbons (Fsp3) is 0. The molecule has 0 aliphatic rings. The molecule has 0 spiro atoms. The summed E-state index contributed by atoms with van der Waals surface area (Å²) in [4.78, 5) is 31.0. The molecule has 0 saturated carbocycles. The van der Waals surface area contributed by atoms with Gasteiger partial charge in [0, 0.05) is 19.5 Å². The molecule has 205 valence electrons. The van der Waals surface area contributed by atoms with Gasteiger partial charge in [-0.1, -0.05) is 0 Å². The number of hydrogen-bond acceptors (Lipinski definition) is 6. The zero-order valence-electron chi connectivity index (χ0n) is 21.4. The van der Waals surface area contributed by atoms with Crippen molar-refractivity contribution < 1.29 is 32.1 Å². The minimum absolute atomic E-state index is 0. The van der Waals surface area contributed by atoms with Crippen molar-refractivity contribution in [2.24, 2.45) is 0 Å². The molecular weight excluding hydrogens is 799 g/mol. The average molecular weight is 828 g/mol. The van der Waals surface area contributed by atoms with Crippen LogP contribution in [0.3, 0.4) is 0 Å². The van der Waals surface area contributed by atoms with Crippen molar-refractivity contribution in [1.29, 1.82) is 0 Å². The van der Waals surface area contributed by atoms with E-state index in [2.05, 4.69) is 54.3 Å². The topological polar surface area (TPSA) is 77.3 Å². The second kappa shape index (κ2) is 12.3. The Balaban J connectivity index is 0.00000121. The number of aromatic nitrogens is 6. The normalized spacial score (nSPS) is 12.4. The van der Waals surface area contributed by atoms with Crippen LogP contribution in [0.2, 0.25) is 0 Å². The molecule has 0 saturated heterocycles. The third-order valence-corrected chi connectivity index (χ3v) is 30.5. The summed E-state index contributed by atoms with van der Waals surface area (Å²) in [5, 5.41) is 0. The van der Waals surface area contributed by atoms with E-state index in [0.29, 0.717) is 0 Å². The van der Waals surface area contributed by atoms with Crippen LogP contribution in [0.25, 0.3) is 0 Å². The Morgan fingerprint density at radius 2 is 0.500 bits per heavy atom. The fourth-order valence-electron chi connectivity index (χ4n) is 4.99. The van der Waals surface area contributed by atoms with Gasteiger partial charge < -0.3 is 0 Å². The van der Waals surface area contributed by atoms with Gasteiger partial charge in [-0.05, 0) is 0 Å². The summed E-state index contributed by atoms with van der Waals surface area (Å²) in [5.74, 6) is 0. The molecule has 0 amide bonds.